The Hall–Kier alpha value is -1.22. The summed E-state index contributed by atoms with van der Waals surface area (Å²) in [4.78, 5) is 0. The number of H-pyrrole nitrogens is 1. The monoisotopic (exact) mass is 288 g/mol. The van der Waals surface area contributed by atoms with Gasteiger partial charge >= 0.3 is 0 Å². The first-order valence-corrected chi connectivity index (χ1v) is 7.33. The van der Waals surface area contributed by atoms with E-state index in [-0.39, 0.29) is 24.7 Å². The highest BCUT2D eigenvalue weighted by Crippen LogP contribution is 2.20. The van der Waals surface area contributed by atoms with Crippen LogP contribution in [-0.4, -0.2) is 54.8 Å². The average Bonchev–Trinajstić information content (AvgIpc) is 2.72. The van der Waals surface area contributed by atoms with Crippen LogP contribution in [0.25, 0.3) is 0 Å². The van der Waals surface area contributed by atoms with E-state index in [4.69, 9.17) is 5.11 Å². The number of nitrogens with zero attached hydrogens (tertiary/aromatic N) is 2. The molecule has 0 aliphatic rings. The van der Waals surface area contributed by atoms with E-state index >= 15 is 0 Å². The maximum absolute atomic E-state index is 12.5. The second kappa shape index (κ2) is 6.80. The second-order valence-electron chi connectivity index (χ2n) is 4.04. The molecule has 0 saturated carbocycles. The highest BCUT2D eigenvalue weighted by molar-refractivity contribution is 7.89. The van der Waals surface area contributed by atoms with Crippen molar-refractivity contribution in [3.63, 3.8) is 0 Å². The molecule has 0 fully saturated rings. The third kappa shape index (κ3) is 3.41. The minimum atomic E-state index is -3.74. The molecule has 1 aromatic heterocycles. The molecule has 0 radical (unpaired) electrons. The minimum absolute atomic E-state index is 0.00495. The summed E-state index contributed by atoms with van der Waals surface area (Å²) < 4.78 is 26.1. The third-order valence-corrected chi connectivity index (χ3v) is 4.49. The first-order valence-electron chi connectivity index (χ1n) is 5.89. The van der Waals surface area contributed by atoms with E-state index in [0.29, 0.717) is 17.8 Å². The molecule has 0 spiro atoms. The molecule has 8 heteroatoms. The number of aromatic amines is 1. The van der Waals surface area contributed by atoms with E-state index in [1.807, 2.05) is 0 Å². The van der Waals surface area contributed by atoms with Gasteiger partial charge in [-0.3, -0.25) is 5.10 Å². The molecule has 0 bridgehead atoms. The number of aromatic nitrogens is 2. The Kier molecular flexibility index (Phi) is 5.67. The molecule has 7 nitrogen and oxygen atoms in total. The predicted octanol–water partition coefficient (Wildman–Crippen LogP) is -0.393. The molecule has 0 aromatic carbocycles. The van der Waals surface area contributed by atoms with Gasteiger partial charge in [0.15, 0.2) is 5.03 Å². The normalized spacial score (nSPS) is 12.0. The first-order chi connectivity index (χ1) is 8.98. The van der Waals surface area contributed by atoms with Crippen LogP contribution in [0.3, 0.4) is 0 Å². The van der Waals surface area contributed by atoms with Crippen molar-refractivity contribution in [1.29, 1.82) is 0 Å². The summed E-state index contributed by atoms with van der Waals surface area (Å²) >= 11 is 0. The van der Waals surface area contributed by atoms with Gasteiger partial charge in [-0.25, -0.2) is 8.42 Å². The molecule has 1 heterocycles. The maximum Gasteiger partial charge on any atom is 0.263 e. The van der Waals surface area contributed by atoms with Gasteiger partial charge in [0.2, 0.25) is 0 Å². The van der Waals surface area contributed by atoms with Crippen LogP contribution in [0.1, 0.15) is 11.3 Å². The lowest BCUT2D eigenvalue weighted by molar-refractivity contribution is 0.260. The molecule has 19 heavy (non-hydrogen) atoms. The number of aryl methyl sites for hydroxylation is 1. The number of rotatable bonds is 8. The van der Waals surface area contributed by atoms with Crippen molar-refractivity contribution in [1.82, 2.24) is 19.8 Å². The van der Waals surface area contributed by atoms with E-state index in [2.05, 4.69) is 22.1 Å². The van der Waals surface area contributed by atoms with E-state index < -0.39 is 10.0 Å². The van der Waals surface area contributed by atoms with Crippen molar-refractivity contribution in [2.24, 2.45) is 0 Å². The third-order valence-electron chi connectivity index (χ3n) is 2.66. The summed E-state index contributed by atoms with van der Waals surface area (Å²) in [5.41, 5.74) is 1.31. The van der Waals surface area contributed by atoms with Crippen LogP contribution in [0, 0.1) is 6.92 Å². The van der Waals surface area contributed by atoms with Gasteiger partial charge in [0.05, 0.1) is 6.61 Å². The van der Waals surface area contributed by atoms with Gasteiger partial charge in [0, 0.05) is 30.9 Å². The number of nitrogens with one attached hydrogen (secondary N) is 2. The Balaban J connectivity index is 3.20. The van der Waals surface area contributed by atoms with Gasteiger partial charge in [0.25, 0.3) is 10.0 Å². The van der Waals surface area contributed by atoms with Gasteiger partial charge in [-0.2, -0.15) is 9.40 Å². The van der Waals surface area contributed by atoms with Crippen molar-refractivity contribution in [3.8, 4) is 0 Å². The molecule has 3 N–H and O–H groups in total. The molecular formula is C11H20N4O3S. The van der Waals surface area contributed by atoms with E-state index in [9.17, 15) is 8.42 Å². The fourth-order valence-corrected chi connectivity index (χ4v) is 3.28. The minimum Gasteiger partial charge on any atom is -0.395 e. The van der Waals surface area contributed by atoms with Gasteiger partial charge in [0.1, 0.15) is 0 Å². The Labute approximate surface area is 113 Å². The number of hydrogen-bond acceptors (Lipinski definition) is 5. The van der Waals surface area contributed by atoms with Crippen molar-refractivity contribution >= 4 is 10.0 Å². The van der Waals surface area contributed by atoms with Gasteiger partial charge < -0.3 is 10.4 Å². The van der Waals surface area contributed by atoms with Crippen LogP contribution in [0.15, 0.2) is 17.7 Å². The first kappa shape index (κ1) is 15.8. The number of aliphatic hydroxyl groups excluding tert-OH is 1. The summed E-state index contributed by atoms with van der Waals surface area (Å²) in [7, 11) is -2.00. The van der Waals surface area contributed by atoms with Crippen LogP contribution in [0.5, 0.6) is 0 Å². The number of sulfonamides is 1. The zero-order valence-corrected chi connectivity index (χ0v) is 12.0. The van der Waals surface area contributed by atoms with Gasteiger partial charge in [-0.05, 0) is 14.0 Å². The van der Waals surface area contributed by atoms with Gasteiger partial charge in [-0.15, -0.1) is 6.58 Å². The topological polar surface area (TPSA) is 98.3 Å². The standard InChI is InChI=1S/C11H20N4O3S/c1-4-5-15(6-7-16)19(17,18)11-10(8-12-3)9(2)13-14-11/h4,12,16H,1,5-8H2,2-3H3,(H,13,14). The zero-order valence-electron chi connectivity index (χ0n) is 11.2. The quantitative estimate of drug-likeness (QED) is 0.566. The Morgan fingerprint density at radius 1 is 1.58 bits per heavy atom. The molecule has 0 saturated heterocycles. The molecule has 1 rings (SSSR count). The van der Waals surface area contributed by atoms with Gasteiger partial charge in [-0.1, -0.05) is 6.08 Å². The summed E-state index contributed by atoms with van der Waals surface area (Å²) in [6.07, 6.45) is 1.48. The smallest absolute Gasteiger partial charge is 0.263 e. The number of hydrogen-bond donors (Lipinski definition) is 3. The lowest BCUT2D eigenvalue weighted by atomic mass is 10.3. The van der Waals surface area contributed by atoms with Crippen LogP contribution >= 0.6 is 0 Å². The largest absolute Gasteiger partial charge is 0.395 e. The summed E-state index contributed by atoms with van der Waals surface area (Å²) in [6, 6.07) is 0. The summed E-state index contributed by atoms with van der Waals surface area (Å²) in [5, 5.41) is 18.4. The lowest BCUT2D eigenvalue weighted by Crippen LogP contribution is -2.34. The predicted molar refractivity (Wildman–Crippen MR) is 72.1 cm³/mol. The second-order valence-corrected chi connectivity index (χ2v) is 5.89. The van der Waals surface area contributed by atoms with Crippen molar-refractivity contribution < 1.29 is 13.5 Å². The Morgan fingerprint density at radius 3 is 2.79 bits per heavy atom. The van der Waals surface area contributed by atoms with Crippen LogP contribution in [0.4, 0.5) is 0 Å². The Morgan fingerprint density at radius 2 is 2.26 bits per heavy atom. The molecular weight excluding hydrogens is 268 g/mol. The van der Waals surface area contributed by atoms with E-state index in [0.717, 1.165) is 4.31 Å². The van der Waals surface area contributed by atoms with Crippen LogP contribution < -0.4 is 5.32 Å². The fraction of sp³-hybridized carbons (Fsp3) is 0.545. The van der Waals surface area contributed by atoms with Crippen LogP contribution in [-0.2, 0) is 16.6 Å². The average molecular weight is 288 g/mol. The highest BCUT2D eigenvalue weighted by atomic mass is 32.2. The molecule has 0 aliphatic heterocycles. The SMILES string of the molecule is C=CCN(CCO)S(=O)(=O)c1n[nH]c(C)c1CNC. The molecule has 0 atom stereocenters. The maximum atomic E-state index is 12.5. The fourth-order valence-electron chi connectivity index (χ4n) is 1.72. The van der Waals surface area contributed by atoms with E-state index in [1.165, 1.54) is 6.08 Å². The van der Waals surface area contributed by atoms with Crippen molar-refractivity contribution in [2.75, 3.05) is 26.7 Å². The van der Waals surface area contributed by atoms with Crippen molar-refractivity contribution in [3.05, 3.63) is 23.9 Å². The summed E-state index contributed by atoms with van der Waals surface area (Å²) in [5.74, 6) is 0. The number of aliphatic hydroxyl groups is 1. The van der Waals surface area contributed by atoms with Crippen LogP contribution in [0.2, 0.25) is 0 Å². The molecule has 108 valence electrons. The molecule has 0 amide bonds. The van der Waals surface area contributed by atoms with Crippen molar-refractivity contribution in [2.45, 2.75) is 18.5 Å². The highest BCUT2D eigenvalue weighted by Gasteiger charge is 2.29. The zero-order chi connectivity index (χ0) is 14.5. The molecule has 0 aliphatic carbocycles. The summed E-state index contributed by atoms with van der Waals surface area (Å²) in [6.45, 7) is 5.59. The molecule has 1 aromatic rings. The van der Waals surface area contributed by atoms with E-state index in [1.54, 1.807) is 14.0 Å². The lowest BCUT2D eigenvalue weighted by Gasteiger charge is -2.19. The Bertz CT molecular complexity index is 524. The molecule has 0 unspecified atom stereocenters.